The number of hydrogen-bond acceptors (Lipinski definition) is 2. The normalized spacial score (nSPS) is 13.3. The van der Waals surface area contributed by atoms with Gasteiger partial charge in [-0.2, -0.15) is 5.10 Å². The van der Waals surface area contributed by atoms with Crippen molar-refractivity contribution in [2.75, 3.05) is 0 Å². The van der Waals surface area contributed by atoms with Crippen LogP contribution in [0.25, 0.3) is 10.9 Å². The molecule has 0 amide bonds. The zero-order valence-electron chi connectivity index (χ0n) is 11.5. The summed E-state index contributed by atoms with van der Waals surface area (Å²) in [6, 6.07) is 2.08. The third kappa shape index (κ3) is 2.19. The topological polar surface area (TPSA) is 41.6 Å². The highest BCUT2D eigenvalue weighted by Gasteiger charge is 2.22. The first-order valence-electron chi connectivity index (χ1n) is 6.05. The van der Waals surface area contributed by atoms with E-state index in [1.807, 2.05) is 6.20 Å². The van der Waals surface area contributed by atoms with Crippen LogP contribution in [0.3, 0.4) is 0 Å². The fourth-order valence-electron chi connectivity index (χ4n) is 1.89. The number of aromatic nitrogens is 3. The van der Waals surface area contributed by atoms with Gasteiger partial charge in [0.05, 0.1) is 5.52 Å². The molecule has 0 aliphatic rings. The molecule has 92 valence electrons. The molecule has 0 saturated carbocycles. The zero-order chi connectivity index (χ0) is 12.8. The molecular formula is C14H21N3. The summed E-state index contributed by atoms with van der Waals surface area (Å²) in [6.07, 6.45) is 1.94. The van der Waals surface area contributed by atoms with Gasteiger partial charge in [-0.05, 0) is 6.07 Å². The first kappa shape index (κ1) is 12.1. The van der Waals surface area contributed by atoms with Gasteiger partial charge in [0, 0.05) is 33.8 Å². The van der Waals surface area contributed by atoms with E-state index in [1.165, 1.54) is 0 Å². The Morgan fingerprint density at radius 2 is 1.65 bits per heavy atom. The van der Waals surface area contributed by atoms with Crippen molar-refractivity contribution in [1.29, 1.82) is 0 Å². The van der Waals surface area contributed by atoms with Crippen LogP contribution in [0.1, 0.15) is 52.9 Å². The molecule has 0 bridgehead atoms. The summed E-state index contributed by atoms with van der Waals surface area (Å²) >= 11 is 0. The van der Waals surface area contributed by atoms with E-state index in [0.29, 0.717) is 0 Å². The van der Waals surface area contributed by atoms with Gasteiger partial charge in [0.1, 0.15) is 0 Å². The lowest BCUT2D eigenvalue weighted by Crippen LogP contribution is -2.14. The van der Waals surface area contributed by atoms with Crippen LogP contribution in [-0.4, -0.2) is 15.2 Å². The number of H-pyrrole nitrogens is 1. The van der Waals surface area contributed by atoms with E-state index in [4.69, 9.17) is 0 Å². The van der Waals surface area contributed by atoms with Gasteiger partial charge in [0.15, 0.2) is 0 Å². The molecule has 0 unspecified atom stereocenters. The second-order valence-electron chi connectivity index (χ2n) is 6.69. The molecule has 2 heterocycles. The minimum atomic E-state index is 0.0645. The molecule has 0 spiro atoms. The highest BCUT2D eigenvalue weighted by Crippen LogP contribution is 2.29. The van der Waals surface area contributed by atoms with E-state index in [1.54, 1.807) is 0 Å². The summed E-state index contributed by atoms with van der Waals surface area (Å²) in [5, 5.41) is 8.67. The van der Waals surface area contributed by atoms with Crippen LogP contribution in [0, 0.1) is 0 Å². The molecule has 2 rings (SSSR count). The van der Waals surface area contributed by atoms with Gasteiger partial charge in [0.2, 0.25) is 0 Å². The molecule has 17 heavy (non-hydrogen) atoms. The molecule has 0 aliphatic carbocycles. The number of fused-ring (bicyclic) bond motifs is 1. The Bertz CT molecular complexity index is 539. The van der Waals surface area contributed by atoms with Crippen molar-refractivity contribution in [2.45, 2.75) is 52.4 Å². The van der Waals surface area contributed by atoms with E-state index in [9.17, 15) is 0 Å². The Kier molecular flexibility index (Phi) is 2.53. The molecule has 2 aromatic heterocycles. The maximum Gasteiger partial charge on any atom is 0.0957 e. The summed E-state index contributed by atoms with van der Waals surface area (Å²) < 4.78 is 0. The zero-order valence-corrected chi connectivity index (χ0v) is 11.5. The molecule has 0 aromatic carbocycles. The van der Waals surface area contributed by atoms with Gasteiger partial charge < -0.3 is 0 Å². The van der Waals surface area contributed by atoms with Crippen molar-refractivity contribution >= 4 is 10.9 Å². The van der Waals surface area contributed by atoms with Crippen molar-refractivity contribution in [3.8, 4) is 0 Å². The predicted molar refractivity (Wildman–Crippen MR) is 71.3 cm³/mol. The van der Waals surface area contributed by atoms with Crippen molar-refractivity contribution in [3.05, 3.63) is 23.7 Å². The van der Waals surface area contributed by atoms with Gasteiger partial charge in [-0.25, -0.2) is 0 Å². The maximum atomic E-state index is 4.56. The summed E-state index contributed by atoms with van der Waals surface area (Å²) in [4.78, 5) is 4.56. The van der Waals surface area contributed by atoms with E-state index < -0.39 is 0 Å². The molecule has 1 N–H and O–H groups in total. The minimum absolute atomic E-state index is 0.0645. The molecule has 0 aliphatic heterocycles. The van der Waals surface area contributed by atoms with E-state index in [0.717, 1.165) is 22.3 Å². The molecule has 0 saturated heterocycles. The monoisotopic (exact) mass is 231 g/mol. The van der Waals surface area contributed by atoms with Crippen molar-refractivity contribution in [3.63, 3.8) is 0 Å². The predicted octanol–water partition coefficient (Wildman–Crippen LogP) is 3.55. The van der Waals surface area contributed by atoms with Crippen LogP contribution < -0.4 is 0 Å². The Balaban J connectivity index is 2.61. The minimum Gasteiger partial charge on any atom is -0.281 e. The number of pyridine rings is 1. The van der Waals surface area contributed by atoms with Crippen LogP contribution >= 0.6 is 0 Å². The molecule has 0 atom stereocenters. The standard InChI is InChI=1S/C14H21N3/c1-13(2,3)11-7-10-9(8-15-11)12(17-16-10)14(4,5)6/h7-8H,1-6H3,(H,16,17). The maximum absolute atomic E-state index is 4.56. The van der Waals surface area contributed by atoms with E-state index in [2.05, 4.69) is 62.8 Å². The Labute approximate surface area is 103 Å². The smallest absolute Gasteiger partial charge is 0.0957 e. The van der Waals surface area contributed by atoms with Gasteiger partial charge in [-0.1, -0.05) is 41.5 Å². The first-order valence-corrected chi connectivity index (χ1v) is 6.05. The SMILES string of the molecule is CC(C)(C)c1cc2n[nH]c(C(C)(C)C)c2cn1. The highest BCUT2D eigenvalue weighted by atomic mass is 15.1. The van der Waals surface area contributed by atoms with Gasteiger partial charge in [-0.3, -0.25) is 10.1 Å². The molecular weight excluding hydrogens is 210 g/mol. The molecule has 2 aromatic rings. The summed E-state index contributed by atoms with van der Waals surface area (Å²) in [5.74, 6) is 0. The second kappa shape index (κ2) is 3.56. The van der Waals surface area contributed by atoms with Crippen molar-refractivity contribution in [1.82, 2.24) is 15.2 Å². The number of nitrogens with one attached hydrogen (secondary N) is 1. The fourth-order valence-corrected chi connectivity index (χ4v) is 1.89. The second-order valence-corrected chi connectivity index (χ2v) is 6.69. The lowest BCUT2D eigenvalue weighted by molar-refractivity contribution is 0.568. The van der Waals surface area contributed by atoms with E-state index in [-0.39, 0.29) is 10.8 Å². The number of nitrogens with zero attached hydrogens (tertiary/aromatic N) is 2. The number of rotatable bonds is 0. The number of hydrogen-bond donors (Lipinski definition) is 1. The third-order valence-electron chi connectivity index (χ3n) is 2.96. The Hall–Kier alpha value is -1.38. The summed E-state index contributed by atoms with van der Waals surface area (Å²) in [7, 11) is 0. The number of aromatic amines is 1. The molecule has 3 heteroatoms. The average molecular weight is 231 g/mol. The lowest BCUT2D eigenvalue weighted by Gasteiger charge is -2.18. The van der Waals surface area contributed by atoms with Crippen LogP contribution in [0.4, 0.5) is 0 Å². The molecule has 3 nitrogen and oxygen atoms in total. The Morgan fingerprint density at radius 3 is 2.18 bits per heavy atom. The Morgan fingerprint density at radius 1 is 1.00 bits per heavy atom. The van der Waals surface area contributed by atoms with E-state index >= 15 is 0 Å². The van der Waals surface area contributed by atoms with Crippen molar-refractivity contribution in [2.24, 2.45) is 0 Å². The average Bonchev–Trinajstić information content (AvgIpc) is 2.57. The quantitative estimate of drug-likeness (QED) is 0.753. The van der Waals surface area contributed by atoms with Crippen LogP contribution in [0.5, 0.6) is 0 Å². The van der Waals surface area contributed by atoms with Gasteiger partial charge in [-0.15, -0.1) is 0 Å². The highest BCUT2D eigenvalue weighted by molar-refractivity contribution is 5.81. The van der Waals surface area contributed by atoms with Crippen LogP contribution in [0.2, 0.25) is 0 Å². The van der Waals surface area contributed by atoms with Gasteiger partial charge in [0.25, 0.3) is 0 Å². The molecule has 0 fully saturated rings. The molecule has 0 radical (unpaired) electrons. The van der Waals surface area contributed by atoms with Gasteiger partial charge >= 0.3 is 0 Å². The van der Waals surface area contributed by atoms with Crippen molar-refractivity contribution < 1.29 is 0 Å². The lowest BCUT2D eigenvalue weighted by atomic mass is 9.89. The largest absolute Gasteiger partial charge is 0.281 e. The summed E-state index contributed by atoms with van der Waals surface area (Å²) in [5.41, 5.74) is 3.38. The van der Waals surface area contributed by atoms with Crippen LogP contribution in [0.15, 0.2) is 12.3 Å². The third-order valence-corrected chi connectivity index (χ3v) is 2.96. The summed E-state index contributed by atoms with van der Waals surface area (Å²) in [6.45, 7) is 13.0. The first-order chi connectivity index (χ1) is 7.69. The van der Waals surface area contributed by atoms with Crippen LogP contribution in [-0.2, 0) is 10.8 Å². The fraction of sp³-hybridized carbons (Fsp3) is 0.571.